The van der Waals surface area contributed by atoms with Gasteiger partial charge < -0.3 is 20.1 Å². The van der Waals surface area contributed by atoms with Crippen LogP contribution in [0.3, 0.4) is 0 Å². The Morgan fingerprint density at radius 3 is 2.69 bits per heavy atom. The van der Waals surface area contributed by atoms with Crippen LogP contribution in [0.15, 0.2) is 23.3 Å². The molecule has 2 rings (SSSR count). The molecule has 1 aliphatic carbocycles. The summed E-state index contributed by atoms with van der Waals surface area (Å²) in [5.41, 5.74) is 1.05. The van der Waals surface area contributed by atoms with E-state index in [0.29, 0.717) is 18.5 Å². The molecule has 0 aliphatic heterocycles. The van der Waals surface area contributed by atoms with E-state index in [1.807, 2.05) is 12.1 Å². The van der Waals surface area contributed by atoms with E-state index in [4.69, 9.17) is 9.47 Å². The third-order valence-electron chi connectivity index (χ3n) is 4.29. The maximum atomic E-state index is 5.96. The Morgan fingerprint density at radius 1 is 1.23 bits per heavy atom. The maximum Gasteiger partial charge on any atom is 0.212 e. The van der Waals surface area contributed by atoms with E-state index < -0.39 is 0 Å². The molecule has 6 nitrogen and oxygen atoms in total. The highest BCUT2D eigenvalue weighted by Gasteiger charge is 2.12. The Kier molecular flexibility index (Phi) is 12.4. The summed E-state index contributed by atoms with van der Waals surface area (Å²) in [5, 5.41) is 6.63. The van der Waals surface area contributed by atoms with E-state index >= 15 is 0 Å². The summed E-state index contributed by atoms with van der Waals surface area (Å²) < 4.78 is 11.0. The van der Waals surface area contributed by atoms with Crippen molar-refractivity contribution in [2.45, 2.75) is 58.1 Å². The molecule has 1 aromatic rings. The van der Waals surface area contributed by atoms with Crippen molar-refractivity contribution in [2.75, 3.05) is 26.8 Å². The molecule has 7 heteroatoms. The predicted molar refractivity (Wildman–Crippen MR) is 116 cm³/mol. The standard InChI is InChI=1S/C19H32N4O2.HI/c1-3-20-19(23-15-16-10-11-18(24-2)22-14-16)21-12-7-13-25-17-8-5-4-6-9-17;/h10-11,14,17H,3-9,12-13,15H2,1-2H3,(H2,20,21,23);1H. The van der Waals surface area contributed by atoms with Crippen molar-refractivity contribution in [3.63, 3.8) is 0 Å². The number of guanidine groups is 1. The van der Waals surface area contributed by atoms with E-state index in [1.54, 1.807) is 13.3 Å². The summed E-state index contributed by atoms with van der Waals surface area (Å²) in [5.74, 6) is 1.45. The molecule has 0 unspecified atom stereocenters. The Hall–Kier alpha value is -1.09. The minimum atomic E-state index is 0. The van der Waals surface area contributed by atoms with Crippen LogP contribution in [0.4, 0.5) is 0 Å². The van der Waals surface area contributed by atoms with Crippen LogP contribution in [0.5, 0.6) is 5.88 Å². The number of aliphatic imine (C=N–C) groups is 1. The lowest BCUT2D eigenvalue weighted by Crippen LogP contribution is -2.38. The summed E-state index contributed by atoms with van der Waals surface area (Å²) in [6.45, 7) is 5.17. The maximum absolute atomic E-state index is 5.96. The van der Waals surface area contributed by atoms with Crippen LogP contribution in [-0.4, -0.2) is 43.9 Å². The summed E-state index contributed by atoms with van der Waals surface area (Å²) >= 11 is 0. The molecular formula is C19H33IN4O2. The van der Waals surface area contributed by atoms with Crippen molar-refractivity contribution in [2.24, 2.45) is 4.99 Å². The number of pyridine rings is 1. The van der Waals surface area contributed by atoms with Gasteiger partial charge in [-0.05, 0) is 31.7 Å². The van der Waals surface area contributed by atoms with Crippen molar-refractivity contribution in [1.82, 2.24) is 15.6 Å². The first-order valence-electron chi connectivity index (χ1n) is 9.44. The molecule has 0 spiro atoms. The molecular weight excluding hydrogens is 443 g/mol. The minimum Gasteiger partial charge on any atom is -0.481 e. The van der Waals surface area contributed by atoms with Gasteiger partial charge in [0, 0.05) is 32.0 Å². The number of methoxy groups -OCH3 is 1. The first-order chi connectivity index (χ1) is 12.3. The molecule has 0 atom stereocenters. The van der Waals surface area contributed by atoms with Crippen molar-refractivity contribution in [3.8, 4) is 5.88 Å². The third-order valence-corrected chi connectivity index (χ3v) is 4.29. The van der Waals surface area contributed by atoms with Crippen LogP contribution in [0.2, 0.25) is 0 Å². The van der Waals surface area contributed by atoms with Crippen LogP contribution >= 0.6 is 24.0 Å². The first kappa shape index (κ1) is 23.0. The Morgan fingerprint density at radius 2 is 2.04 bits per heavy atom. The average Bonchev–Trinajstić information content (AvgIpc) is 2.67. The van der Waals surface area contributed by atoms with E-state index in [9.17, 15) is 0 Å². The van der Waals surface area contributed by atoms with E-state index in [-0.39, 0.29) is 24.0 Å². The summed E-state index contributed by atoms with van der Waals surface area (Å²) in [6, 6.07) is 3.84. The molecule has 0 amide bonds. The van der Waals surface area contributed by atoms with Crippen LogP contribution in [0, 0.1) is 0 Å². The molecule has 26 heavy (non-hydrogen) atoms. The highest BCUT2D eigenvalue weighted by molar-refractivity contribution is 14.0. The lowest BCUT2D eigenvalue weighted by atomic mass is 9.98. The number of ether oxygens (including phenoxy) is 2. The minimum absolute atomic E-state index is 0. The van der Waals surface area contributed by atoms with Gasteiger partial charge in [-0.3, -0.25) is 0 Å². The van der Waals surface area contributed by atoms with Crippen molar-refractivity contribution in [1.29, 1.82) is 0 Å². The molecule has 0 aromatic carbocycles. The summed E-state index contributed by atoms with van der Waals surface area (Å²) in [6.07, 6.45) is 9.74. The fourth-order valence-corrected chi connectivity index (χ4v) is 2.90. The van der Waals surface area contributed by atoms with Gasteiger partial charge in [-0.2, -0.15) is 0 Å². The van der Waals surface area contributed by atoms with Crippen LogP contribution in [-0.2, 0) is 11.3 Å². The number of nitrogens with zero attached hydrogens (tertiary/aromatic N) is 2. The molecule has 148 valence electrons. The zero-order valence-corrected chi connectivity index (χ0v) is 18.3. The Labute approximate surface area is 174 Å². The lowest BCUT2D eigenvalue weighted by molar-refractivity contribution is 0.0277. The molecule has 2 N–H and O–H groups in total. The average molecular weight is 476 g/mol. The quantitative estimate of drug-likeness (QED) is 0.247. The van der Waals surface area contributed by atoms with E-state index in [0.717, 1.165) is 37.6 Å². The number of nitrogens with one attached hydrogen (secondary N) is 2. The molecule has 0 saturated heterocycles. The molecule has 1 aromatic heterocycles. The summed E-state index contributed by atoms with van der Waals surface area (Å²) in [4.78, 5) is 8.80. The second-order valence-corrected chi connectivity index (χ2v) is 6.32. The third kappa shape index (κ3) is 9.02. The van der Waals surface area contributed by atoms with Gasteiger partial charge in [0.25, 0.3) is 0 Å². The van der Waals surface area contributed by atoms with Gasteiger partial charge >= 0.3 is 0 Å². The molecule has 1 aliphatic rings. The molecule has 1 saturated carbocycles. The molecule has 1 fully saturated rings. The second kappa shape index (κ2) is 14.0. The monoisotopic (exact) mass is 476 g/mol. The predicted octanol–water partition coefficient (Wildman–Crippen LogP) is 3.50. The molecule has 0 radical (unpaired) electrons. The van der Waals surface area contributed by atoms with Crippen molar-refractivity contribution < 1.29 is 9.47 Å². The van der Waals surface area contributed by atoms with Gasteiger partial charge in [-0.25, -0.2) is 9.98 Å². The zero-order valence-electron chi connectivity index (χ0n) is 16.0. The number of hydrogen-bond acceptors (Lipinski definition) is 4. The first-order valence-corrected chi connectivity index (χ1v) is 9.44. The van der Waals surface area contributed by atoms with Gasteiger partial charge in [0.05, 0.1) is 19.8 Å². The highest BCUT2D eigenvalue weighted by Crippen LogP contribution is 2.20. The fourth-order valence-electron chi connectivity index (χ4n) is 2.90. The van der Waals surface area contributed by atoms with Crippen LogP contribution < -0.4 is 15.4 Å². The number of halogens is 1. The second-order valence-electron chi connectivity index (χ2n) is 6.32. The highest BCUT2D eigenvalue weighted by atomic mass is 127. The SMILES string of the molecule is CCNC(=NCc1ccc(OC)nc1)NCCCOC1CCCCC1.I. The number of aromatic nitrogens is 1. The van der Waals surface area contributed by atoms with Gasteiger partial charge in [-0.1, -0.05) is 25.3 Å². The molecule has 0 bridgehead atoms. The zero-order chi connectivity index (χ0) is 17.7. The largest absolute Gasteiger partial charge is 0.481 e. The van der Waals surface area contributed by atoms with Gasteiger partial charge in [0.2, 0.25) is 5.88 Å². The van der Waals surface area contributed by atoms with Crippen molar-refractivity contribution >= 4 is 29.9 Å². The van der Waals surface area contributed by atoms with Gasteiger partial charge in [0.15, 0.2) is 5.96 Å². The van der Waals surface area contributed by atoms with E-state index in [1.165, 1.54) is 32.1 Å². The topological polar surface area (TPSA) is 67.8 Å². The van der Waals surface area contributed by atoms with Crippen LogP contribution in [0.1, 0.15) is 51.0 Å². The lowest BCUT2D eigenvalue weighted by Gasteiger charge is -2.22. The van der Waals surface area contributed by atoms with E-state index in [2.05, 4.69) is 27.5 Å². The van der Waals surface area contributed by atoms with Crippen LogP contribution in [0.25, 0.3) is 0 Å². The fraction of sp³-hybridized carbons (Fsp3) is 0.684. The Bertz CT molecular complexity index is 505. The van der Waals surface area contributed by atoms with Crippen molar-refractivity contribution in [3.05, 3.63) is 23.9 Å². The number of hydrogen-bond donors (Lipinski definition) is 2. The molecule has 1 heterocycles. The smallest absolute Gasteiger partial charge is 0.212 e. The van der Waals surface area contributed by atoms with Gasteiger partial charge in [0.1, 0.15) is 0 Å². The summed E-state index contributed by atoms with van der Waals surface area (Å²) in [7, 11) is 1.62. The Balaban J connectivity index is 0.00000338. The number of rotatable bonds is 9. The normalized spacial score (nSPS) is 15.2. The van der Waals surface area contributed by atoms with Gasteiger partial charge in [-0.15, -0.1) is 24.0 Å².